The van der Waals surface area contributed by atoms with Crippen LogP contribution in [0.25, 0.3) is 0 Å². The molecule has 9 nitrogen and oxygen atoms in total. The molecule has 0 aromatic carbocycles. The first kappa shape index (κ1) is 30.6. The maximum Gasteiger partial charge on any atom is 0.0639 e. The van der Waals surface area contributed by atoms with E-state index in [4.69, 9.17) is 0 Å². The third kappa shape index (κ3) is 20.0. The molecule has 0 aliphatic rings. The van der Waals surface area contributed by atoms with E-state index in [1.54, 1.807) is 34.6 Å². The van der Waals surface area contributed by atoms with E-state index in [-0.39, 0.29) is 6.10 Å². The predicted molar refractivity (Wildman–Crippen MR) is 125 cm³/mol. The van der Waals surface area contributed by atoms with Crippen molar-refractivity contribution in [2.24, 2.45) is 0 Å². The number of nitrogens with zero attached hydrogens (tertiary/aromatic N) is 3. The minimum absolute atomic E-state index is 0.374. The fourth-order valence-electron chi connectivity index (χ4n) is 3.69. The summed E-state index contributed by atoms with van der Waals surface area (Å²) in [4.78, 5) is 6.49. The molecule has 6 N–H and O–H groups in total. The standard InChI is InChI=1S/C22H50N4O5/c1-18(27)13-23-7-10-24(14-19(2)28)8-6-9-25(15-20(3)29)11-12-26(16-21(4)30)17-22(5)31/h18-23,27-31H,6-17H2,1-5H3. The molecule has 0 amide bonds. The highest BCUT2D eigenvalue weighted by molar-refractivity contribution is 4.71. The Labute approximate surface area is 189 Å². The van der Waals surface area contributed by atoms with Gasteiger partial charge < -0.3 is 30.8 Å². The molecular weight excluding hydrogens is 400 g/mol. The SMILES string of the molecule is CC(O)CNCCN(CCCN(CCN(CC(C)O)CC(C)O)CC(C)O)CC(C)O. The van der Waals surface area contributed by atoms with E-state index in [0.717, 1.165) is 39.1 Å². The smallest absolute Gasteiger partial charge is 0.0639 e. The molecule has 0 aliphatic carbocycles. The molecule has 0 rings (SSSR count). The first-order valence-corrected chi connectivity index (χ1v) is 11.8. The molecule has 9 heteroatoms. The zero-order valence-corrected chi connectivity index (χ0v) is 20.4. The van der Waals surface area contributed by atoms with Crippen molar-refractivity contribution in [1.29, 1.82) is 0 Å². The van der Waals surface area contributed by atoms with Crippen LogP contribution in [0.5, 0.6) is 0 Å². The normalized spacial score (nSPS) is 17.3. The highest BCUT2D eigenvalue weighted by Gasteiger charge is 2.15. The van der Waals surface area contributed by atoms with Gasteiger partial charge in [-0.1, -0.05) is 0 Å². The number of aliphatic hydroxyl groups excluding tert-OH is 5. The van der Waals surface area contributed by atoms with E-state index in [9.17, 15) is 25.5 Å². The van der Waals surface area contributed by atoms with Gasteiger partial charge in [0.15, 0.2) is 0 Å². The fourth-order valence-corrected chi connectivity index (χ4v) is 3.69. The Kier molecular flexibility index (Phi) is 17.9. The lowest BCUT2D eigenvalue weighted by Crippen LogP contribution is -2.44. The molecule has 5 atom stereocenters. The summed E-state index contributed by atoms with van der Waals surface area (Å²) in [5.41, 5.74) is 0. The van der Waals surface area contributed by atoms with Crippen LogP contribution in [-0.4, -0.2) is 143 Å². The van der Waals surface area contributed by atoms with Gasteiger partial charge in [-0.2, -0.15) is 0 Å². The van der Waals surface area contributed by atoms with E-state index in [0.29, 0.717) is 39.3 Å². The number of hydrogen-bond donors (Lipinski definition) is 6. The van der Waals surface area contributed by atoms with Crippen molar-refractivity contribution in [3.05, 3.63) is 0 Å². The van der Waals surface area contributed by atoms with Gasteiger partial charge in [-0.25, -0.2) is 0 Å². The molecule has 0 aliphatic heterocycles. The summed E-state index contributed by atoms with van der Waals surface area (Å²) < 4.78 is 0. The third-order valence-electron chi connectivity index (χ3n) is 4.82. The molecule has 0 fully saturated rings. The van der Waals surface area contributed by atoms with Crippen LogP contribution < -0.4 is 5.32 Å². The molecule has 0 saturated heterocycles. The summed E-state index contributed by atoms with van der Waals surface area (Å²) in [5, 5.41) is 51.7. The topological polar surface area (TPSA) is 123 Å². The zero-order chi connectivity index (χ0) is 23.8. The van der Waals surface area contributed by atoms with Crippen LogP contribution in [0.2, 0.25) is 0 Å². The van der Waals surface area contributed by atoms with Crippen LogP contribution in [0.4, 0.5) is 0 Å². The number of nitrogens with one attached hydrogen (secondary N) is 1. The van der Waals surface area contributed by atoms with Gasteiger partial charge in [0, 0.05) is 58.9 Å². The molecule has 0 heterocycles. The van der Waals surface area contributed by atoms with E-state index in [1.807, 2.05) is 0 Å². The van der Waals surface area contributed by atoms with E-state index in [2.05, 4.69) is 20.0 Å². The zero-order valence-electron chi connectivity index (χ0n) is 20.4. The van der Waals surface area contributed by atoms with Gasteiger partial charge in [-0.3, -0.25) is 14.7 Å². The van der Waals surface area contributed by atoms with Crippen molar-refractivity contribution in [2.45, 2.75) is 71.6 Å². The number of rotatable bonds is 20. The van der Waals surface area contributed by atoms with Crippen LogP contribution in [0.3, 0.4) is 0 Å². The average Bonchev–Trinajstić information content (AvgIpc) is 2.60. The Morgan fingerprint density at radius 2 is 0.903 bits per heavy atom. The van der Waals surface area contributed by atoms with Gasteiger partial charge in [-0.15, -0.1) is 0 Å². The van der Waals surface area contributed by atoms with Crippen LogP contribution in [0.15, 0.2) is 0 Å². The monoisotopic (exact) mass is 450 g/mol. The second-order valence-electron chi connectivity index (χ2n) is 9.16. The molecule has 31 heavy (non-hydrogen) atoms. The summed E-state index contributed by atoms with van der Waals surface area (Å²) in [7, 11) is 0. The van der Waals surface area contributed by atoms with Gasteiger partial charge >= 0.3 is 0 Å². The first-order chi connectivity index (χ1) is 14.5. The Hall–Kier alpha value is -0.360. The van der Waals surface area contributed by atoms with E-state index < -0.39 is 24.4 Å². The predicted octanol–water partition coefficient (Wildman–Crippen LogP) is -1.22. The second kappa shape index (κ2) is 18.1. The van der Waals surface area contributed by atoms with Crippen molar-refractivity contribution >= 4 is 0 Å². The maximum absolute atomic E-state index is 9.89. The van der Waals surface area contributed by atoms with E-state index in [1.165, 1.54) is 0 Å². The van der Waals surface area contributed by atoms with Crippen LogP contribution >= 0.6 is 0 Å². The second-order valence-corrected chi connectivity index (χ2v) is 9.16. The lowest BCUT2D eigenvalue weighted by molar-refractivity contribution is 0.0666. The molecule has 0 saturated carbocycles. The average molecular weight is 451 g/mol. The Balaban J connectivity index is 4.60. The summed E-state index contributed by atoms with van der Waals surface area (Å²) in [6.07, 6.45) is -1.22. The lowest BCUT2D eigenvalue weighted by Gasteiger charge is -2.31. The fraction of sp³-hybridized carbons (Fsp3) is 1.00. The minimum atomic E-state index is -0.458. The summed E-state index contributed by atoms with van der Waals surface area (Å²) in [5.74, 6) is 0. The quantitative estimate of drug-likeness (QED) is 0.127. The summed E-state index contributed by atoms with van der Waals surface area (Å²) in [6, 6.07) is 0. The summed E-state index contributed by atoms with van der Waals surface area (Å²) in [6.45, 7) is 16.2. The molecular formula is C22H50N4O5. The summed E-state index contributed by atoms with van der Waals surface area (Å²) >= 11 is 0. The van der Waals surface area contributed by atoms with Crippen molar-refractivity contribution < 1.29 is 25.5 Å². The number of hydrogen-bond acceptors (Lipinski definition) is 9. The molecule has 0 bridgehead atoms. The van der Waals surface area contributed by atoms with Crippen LogP contribution in [0.1, 0.15) is 41.0 Å². The Morgan fingerprint density at radius 1 is 0.516 bits per heavy atom. The van der Waals surface area contributed by atoms with Gasteiger partial charge in [0.05, 0.1) is 30.5 Å². The lowest BCUT2D eigenvalue weighted by atomic mass is 10.2. The van der Waals surface area contributed by atoms with Crippen LogP contribution in [0, 0.1) is 0 Å². The molecule has 0 spiro atoms. The molecule has 188 valence electrons. The van der Waals surface area contributed by atoms with Gasteiger partial charge in [0.25, 0.3) is 0 Å². The molecule has 0 aromatic rings. The van der Waals surface area contributed by atoms with E-state index >= 15 is 0 Å². The largest absolute Gasteiger partial charge is 0.392 e. The van der Waals surface area contributed by atoms with Crippen molar-refractivity contribution in [1.82, 2.24) is 20.0 Å². The first-order valence-electron chi connectivity index (χ1n) is 11.8. The van der Waals surface area contributed by atoms with Gasteiger partial charge in [0.1, 0.15) is 0 Å². The van der Waals surface area contributed by atoms with Crippen molar-refractivity contribution in [3.8, 4) is 0 Å². The van der Waals surface area contributed by atoms with Crippen molar-refractivity contribution in [2.75, 3.05) is 72.0 Å². The van der Waals surface area contributed by atoms with Gasteiger partial charge in [-0.05, 0) is 54.1 Å². The maximum atomic E-state index is 9.89. The number of aliphatic hydroxyl groups is 5. The van der Waals surface area contributed by atoms with Gasteiger partial charge in [0.2, 0.25) is 0 Å². The Bertz CT molecular complexity index is 401. The molecule has 0 radical (unpaired) electrons. The van der Waals surface area contributed by atoms with Crippen molar-refractivity contribution in [3.63, 3.8) is 0 Å². The third-order valence-corrected chi connectivity index (χ3v) is 4.82. The minimum Gasteiger partial charge on any atom is -0.392 e. The highest BCUT2D eigenvalue weighted by atomic mass is 16.3. The van der Waals surface area contributed by atoms with Crippen LogP contribution in [-0.2, 0) is 0 Å². The Morgan fingerprint density at radius 3 is 1.32 bits per heavy atom. The highest BCUT2D eigenvalue weighted by Crippen LogP contribution is 2.02. The molecule has 0 aromatic heterocycles. The molecule has 5 unspecified atom stereocenters.